The van der Waals surface area contributed by atoms with E-state index in [1.807, 2.05) is 29.2 Å². The van der Waals surface area contributed by atoms with E-state index < -0.39 is 0 Å². The number of nitrogens with one attached hydrogen (secondary N) is 1. The maximum Gasteiger partial charge on any atom is 0.253 e. The number of nitrogens with zero attached hydrogens (tertiary/aromatic N) is 4. The maximum absolute atomic E-state index is 12.6. The van der Waals surface area contributed by atoms with E-state index in [1.165, 1.54) is 0 Å². The van der Waals surface area contributed by atoms with Crippen molar-refractivity contribution in [3.63, 3.8) is 0 Å². The van der Waals surface area contributed by atoms with Crippen molar-refractivity contribution < 1.29 is 4.79 Å². The Morgan fingerprint density at radius 2 is 1.84 bits per heavy atom. The third-order valence-corrected chi connectivity index (χ3v) is 5.42. The van der Waals surface area contributed by atoms with Gasteiger partial charge in [-0.2, -0.15) is 0 Å². The highest BCUT2D eigenvalue weighted by Crippen LogP contribution is 2.28. The topological polar surface area (TPSA) is 63.1 Å². The number of rotatable bonds is 2. The van der Waals surface area contributed by atoms with E-state index in [0.717, 1.165) is 67.3 Å². The van der Waals surface area contributed by atoms with Crippen LogP contribution >= 0.6 is 28.3 Å². The summed E-state index contributed by atoms with van der Waals surface area (Å²) in [5.74, 6) is 2.65. The van der Waals surface area contributed by atoms with Gasteiger partial charge in [0.25, 0.3) is 5.91 Å². The van der Waals surface area contributed by atoms with Crippen molar-refractivity contribution in [1.29, 1.82) is 0 Å². The number of carbonyl (C=O) groups is 1. The van der Waals surface area contributed by atoms with Crippen molar-refractivity contribution >= 4 is 34.2 Å². The van der Waals surface area contributed by atoms with Gasteiger partial charge in [-0.3, -0.25) is 4.79 Å². The first-order valence-corrected chi connectivity index (χ1v) is 9.19. The Bertz CT molecular complexity index is 740. The summed E-state index contributed by atoms with van der Waals surface area (Å²) in [6.45, 7) is 4.27. The van der Waals surface area contributed by atoms with Crippen LogP contribution in [0.25, 0.3) is 0 Å². The minimum Gasteiger partial charge on any atom is -0.339 e. The fraction of sp³-hybridized carbons (Fsp3) is 0.471. The lowest BCUT2D eigenvalue weighted by Crippen LogP contribution is -2.38. The Kier molecular flexibility index (Phi) is 5.76. The van der Waals surface area contributed by atoms with E-state index in [4.69, 9.17) is 0 Å². The quantitative estimate of drug-likeness (QED) is 0.802. The first-order chi connectivity index (χ1) is 11.7. The van der Waals surface area contributed by atoms with Crippen molar-refractivity contribution in [3.05, 3.63) is 46.0 Å². The molecule has 6 nitrogen and oxygen atoms in total. The van der Waals surface area contributed by atoms with Crippen LogP contribution in [0.4, 0.5) is 0 Å². The lowest BCUT2D eigenvalue weighted by molar-refractivity contribution is 0.0710. The Labute approximate surface area is 161 Å². The molecule has 1 amide bonds. The molecule has 2 aliphatic rings. The normalized spacial score (nSPS) is 17.7. The molecule has 1 saturated heterocycles. The van der Waals surface area contributed by atoms with Crippen LogP contribution < -0.4 is 5.32 Å². The highest BCUT2D eigenvalue weighted by atomic mass is 79.9. The van der Waals surface area contributed by atoms with Crippen LogP contribution in [0.15, 0.2) is 28.7 Å². The molecule has 0 radical (unpaired) electrons. The van der Waals surface area contributed by atoms with Gasteiger partial charge in [0, 0.05) is 42.1 Å². The van der Waals surface area contributed by atoms with E-state index in [1.54, 1.807) is 0 Å². The maximum atomic E-state index is 12.6. The molecule has 3 heterocycles. The standard InChI is InChI=1S/C17H20BrN5O.ClH/c18-14-3-1-13(2-4-14)17(24)22-8-5-12(6-9-22)16-21-20-15-11-19-7-10-23(15)16;/h1-4,12,19H,5-11H2;1H. The molecule has 1 fully saturated rings. The van der Waals surface area contributed by atoms with Crippen LogP contribution in [0.1, 0.15) is 40.8 Å². The summed E-state index contributed by atoms with van der Waals surface area (Å²) in [6, 6.07) is 7.58. The molecule has 2 aromatic rings. The van der Waals surface area contributed by atoms with Crippen LogP contribution in [0.5, 0.6) is 0 Å². The number of halogens is 2. The smallest absolute Gasteiger partial charge is 0.253 e. The second-order valence-corrected chi connectivity index (χ2v) is 7.29. The number of hydrogen-bond acceptors (Lipinski definition) is 4. The predicted octanol–water partition coefficient (Wildman–Crippen LogP) is 2.59. The molecule has 0 bridgehead atoms. The number of carbonyl (C=O) groups excluding carboxylic acids is 1. The number of hydrogen-bond donors (Lipinski definition) is 1. The zero-order valence-corrected chi connectivity index (χ0v) is 16.2. The number of aromatic nitrogens is 3. The number of fused-ring (bicyclic) bond motifs is 1. The summed E-state index contributed by atoms with van der Waals surface area (Å²) in [5.41, 5.74) is 0.752. The first-order valence-electron chi connectivity index (χ1n) is 8.40. The molecule has 0 saturated carbocycles. The monoisotopic (exact) mass is 425 g/mol. The Morgan fingerprint density at radius 1 is 1.12 bits per heavy atom. The van der Waals surface area contributed by atoms with Crippen molar-refractivity contribution in [2.75, 3.05) is 19.6 Å². The molecule has 0 atom stereocenters. The van der Waals surface area contributed by atoms with E-state index in [0.29, 0.717) is 5.92 Å². The van der Waals surface area contributed by atoms with Crippen molar-refractivity contribution in [2.24, 2.45) is 0 Å². The molecule has 1 aromatic heterocycles. The second kappa shape index (κ2) is 7.85. The third-order valence-electron chi connectivity index (χ3n) is 4.89. The van der Waals surface area contributed by atoms with Crippen molar-refractivity contribution in [1.82, 2.24) is 25.0 Å². The highest BCUT2D eigenvalue weighted by molar-refractivity contribution is 9.10. The van der Waals surface area contributed by atoms with Gasteiger partial charge in [0.2, 0.25) is 0 Å². The van der Waals surface area contributed by atoms with Crippen molar-refractivity contribution in [3.8, 4) is 0 Å². The first kappa shape index (κ1) is 18.4. The summed E-state index contributed by atoms with van der Waals surface area (Å²) < 4.78 is 3.25. The average molecular weight is 427 g/mol. The van der Waals surface area contributed by atoms with Crippen LogP contribution in [-0.2, 0) is 13.1 Å². The predicted molar refractivity (Wildman–Crippen MR) is 101 cm³/mol. The Balaban J connectivity index is 0.00000182. The lowest BCUT2D eigenvalue weighted by Gasteiger charge is -2.32. The molecule has 4 rings (SSSR count). The number of likely N-dealkylation sites (tertiary alicyclic amines) is 1. The molecule has 1 N–H and O–H groups in total. The molecule has 2 aliphatic heterocycles. The molecular formula is C17H21BrClN5O. The van der Waals surface area contributed by atoms with Crippen molar-refractivity contribution in [2.45, 2.75) is 31.8 Å². The van der Waals surface area contributed by atoms with Crippen LogP contribution in [0.3, 0.4) is 0 Å². The van der Waals surface area contributed by atoms with E-state index in [-0.39, 0.29) is 18.3 Å². The molecule has 134 valence electrons. The van der Waals surface area contributed by atoms with Crippen LogP contribution in [0.2, 0.25) is 0 Å². The van der Waals surface area contributed by atoms with Gasteiger partial charge in [0.15, 0.2) is 0 Å². The SMILES string of the molecule is Cl.O=C(c1ccc(Br)cc1)N1CCC(c2nnc3n2CCNC3)CC1. The van der Waals surface area contributed by atoms with E-state index >= 15 is 0 Å². The molecule has 0 spiro atoms. The van der Waals surface area contributed by atoms with Crippen LogP contribution in [0, 0.1) is 0 Å². The largest absolute Gasteiger partial charge is 0.339 e. The second-order valence-electron chi connectivity index (χ2n) is 6.38. The van der Waals surface area contributed by atoms with E-state index in [9.17, 15) is 4.79 Å². The number of amides is 1. The summed E-state index contributed by atoms with van der Waals surface area (Å²) in [4.78, 5) is 14.6. The number of piperidine rings is 1. The molecular weight excluding hydrogens is 406 g/mol. The van der Waals surface area contributed by atoms with Gasteiger partial charge in [0.05, 0.1) is 6.54 Å². The van der Waals surface area contributed by atoms with Gasteiger partial charge in [-0.1, -0.05) is 15.9 Å². The summed E-state index contributed by atoms with van der Waals surface area (Å²) in [7, 11) is 0. The Morgan fingerprint density at radius 3 is 2.56 bits per heavy atom. The molecule has 0 unspecified atom stereocenters. The third kappa shape index (κ3) is 3.73. The summed E-state index contributed by atoms with van der Waals surface area (Å²) in [5, 5.41) is 12.1. The van der Waals surface area contributed by atoms with E-state index in [2.05, 4.69) is 36.0 Å². The fourth-order valence-electron chi connectivity index (χ4n) is 3.53. The molecule has 0 aliphatic carbocycles. The zero-order chi connectivity index (χ0) is 16.5. The zero-order valence-electron chi connectivity index (χ0n) is 13.8. The average Bonchev–Trinajstić information content (AvgIpc) is 3.06. The minimum atomic E-state index is 0. The summed E-state index contributed by atoms with van der Waals surface area (Å²) >= 11 is 3.41. The molecule has 25 heavy (non-hydrogen) atoms. The number of benzene rings is 1. The molecule has 1 aromatic carbocycles. The summed E-state index contributed by atoms with van der Waals surface area (Å²) in [6.07, 6.45) is 1.90. The fourth-order valence-corrected chi connectivity index (χ4v) is 3.80. The van der Waals surface area contributed by atoms with Gasteiger partial charge in [-0.25, -0.2) is 0 Å². The van der Waals surface area contributed by atoms with Gasteiger partial charge in [-0.15, -0.1) is 22.6 Å². The Hall–Kier alpha value is -1.44. The van der Waals surface area contributed by atoms with Gasteiger partial charge in [-0.05, 0) is 37.1 Å². The van der Waals surface area contributed by atoms with Crippen LogP contribution in [-0.4, -0.2) is 45.2 Å². The van der Waals surface area contributed by atoms with Gasteiger partial charge < -0.3 is 14.8 Å². The lowest BCUT2D eigenvalue weighted by atomic mass is 9.95. The molecule has 8 heteroatoms. The minimum absolute atomic E-state index is 0. The highest BCUT2D eigenvalue weighted by Gasteiger charge is 2.29. The van der Waals surface area contributed by atoms with Gasteiger partial charge in [0.1, 0.15) is 11.6 Å². The van der Waals surface area contributed by atoms with Gasteiger partial charge >= 0.3 is 0 Å².